The number of rotatable bonds is 51. The van der Waals surface area contributed by atoms with Crippen LogP contribution in [0.5, 0.6) is 0 Å². The molecule has 0 bridgehead atoms. The summed E-state index contributed by atoms with van der Waals surface area (Å²) in [5, 5.41) is 0. The summed E-state index contributed by atoms with van der Waals surface area (Å²) < 4.78 is 17.4. The van der Waals surface area contributed by atoms with Gasteiger partial charge in [-0.3, -0.25) is 9.59 Å². The molecule has 1 unspecified atom stereocenters. The molecule has 0 aliphatic heterocycles. The van der Waals surface area contributed by atoms with E-state index in [0.29, 0.717) is 19.4 Å². The second kappa shape index (κ2) is 57.9. The van der Waals surface area contributed by atoms with Gasteiger partial charge < -0.3 is 14.2 Å². The Morgan fingerprint density at radius 2 is 0.662 bits per heavy atom. The van der Waals surface area contributed by atoms with Crippen LogP contribution >= 0.6 is 0 Å². The number of ether oxygens (including phenoxy) is 3. The first-order valence-electron chi connectivity index (χ1n) is 28.4. The number of hydrogen-bond donors (Lipinski definition) is 0. The number of carbonyl (C=O) groups is 2. The lowest BCUT2D eigenvalue weighted by Crippen LogP contribution is -2.30. The van der Waals surface area contributed by atoms with E-state index in [1.54, 1.807) is 0 Å². The summed E-state index contributed by atoms with van der Waals surface area (Å²) in [5.74, 6) is -0.444. The second-order valence-electron chi connectivity index (χ2n) is 18.4. The van der Waals surface area contributed by atoms with Gasteiger partial charge in [-0.25, -0.2) is 0 Å². The molecule has 0 fully saturated rings. The van der Waals surface area contributed by atoms with Crippen molar-refractivity contribution in [2.75, 3.05) is 19.8 Å². The monoisotopic (exact) mass is 943 g/mol. The third-order valence-corrected chi connectivity index (χ3v) is 11.8. The van der Waals surface area contributed by atoms with E-state index in [1.807, 2.05) is 0 Å². The maximum atomic E-state index is 12.8. The molecule has 0 amide bonds. The van der Waals surface area contributed by atoms with E-state index >= 15 is 0 Å². The summed E-state index contributed by atoms with van der Waals surface area (Å²) in [7, 11) is 0. The third-order valence-electron chi connectivity index (χ3n) is 11.8. The van der Waals surface area contributed by atoms with Crippen LogP contribution in [0.1, 0.15) is 252 Å². The van der Waals surface area contributed by atoms with E-state index in [1.165, 1.54) is 103 Å². The molecule has 0 rings (SSSR count). The average molecular weight is 944 g/mol. The van der Waals surface area contributed by atoms with Gasteiger partial charge in [0.15, 0.2) is 6.10 Å². The van der Waals surface area contributed by atoms with Crippen molar-refractivity contribution in [2.24, 2.45) is 0 Å². The van der Waals surface area contributed by atoms with Crippen molar-refractivity contribution in [1.82, 2.24) is 0 Å². The molecule has 388 valence electrons. The van der Waals surface area contributed by atoms with Crippen LogP contribution in [0.3, 0.4) is 0 Å². The molecule has 0 heterocycles. The molecule has 68 heavy (non-hydrogen) atoms. The summed E-state index contributed by atoms with van der Waals surface area (Å²) >= 11 is 0. The van der Waals surface area contributed by atoms with Gasteiger partial charge in [0, 0.05) is 19.4 Å². The first-order valence-corrected chi connectivity index (χ1v) is 28.4. The van der Waals surface area contributed by atoms with Crippen LogP contribution in [-0.2, 0) is 23.8 Å². The lowest BCUT2D eigenvalue weighted by molar-refractivity contribution is -0.163. The van der Waals surface area contributed by atoms with Crippen molar-refractivity contribution in [2.45, 2.75) is 258 Å². The van der Waals surface area contributed by atoms with Gasteiger partial charge in [0.1, 0.15) is 6.61 Å². The highest BCUT2D eigenvalue weighted by atomic mass is 16.6. The van der Waals surface area contributed by atoms with Gasteiger partial charge in [-0.15, -0.1) is 0 Å². The molecule has 0 spiro atoms. The average Bonchev–Trinajstić information content (AvgIpc) is 3.34. The smallest absolute Gasteiger partial charge is 0.306 e. The predicted molar refractivity (Wildman–Crippen MR) is 297 cm³/mol. The molecule has 0 aromatic carbocycles. The normalized spacial score (nSPS) is 13.0. The maximum absolute atomic E-state index is 12.8. The Hall–Kier alpha value is -3.44. The Balaban J connectivity index is 4.38. The zero-order valence-corrected chi connectivity index (χ0v) is 44.6. The van der Waals surface area contributed by atoms with E-state index in [0.717, 1.165) is 116 Å². The molecule has 0 aliphatic rings. The minimum absolute atomic E-state index is 0.0543. The lowest BCUT2D eigenvalue weighted by Gasteiger charge is -2.18. The molecule has 0 saturated heterocycles. The number of esters is 2. The fourth-order valence-corrected chi connectivity index (χ4v) is 7.60. The van der Waals surface area contributed by atoms with Crippen molar-refractivity contribution < 1.29 is 23.8 Å². The topological polar surface area (TPSA) is 61.8 Å². The molecular weight excluding hydrogens is 837 g/mol. The van der Waals surface area contributed by atoms with Crippen molar-refractivity contribution in [3.63, 3.8) is 0 Å². The predicted octanol–water partition coefficient (Wildman–Crippen LogP) is 19.6. The first kappa shape index (κ1) is 64.6. The minimum Gasteiger partial charge on any atom is -0.462 e. The molecule has 0 N–H and O–H groups in total. The first-order chi connectivity index (χ1) is 33.6. The van der Waals surface area contributed by atoms with Crippen LogP contribution in [-0.4, -0.2) is 37.9 Å². The molecule has 1 atom stereocenters. The van der Waals surface area contributed by atoms with Crippen LogP contribution in [0.4, 0.5) is 0 Å². The van der Waals surface area contributed by atoms with E-state index in [-0.39, 0.29) is 25.2 Å². The second-order valence-corrected chi connectivity index (χ2v) is 18.4. The maximum Gasteiger partial charge on any atom is 0.306 e. The van der Waals surface area contributed by atoms with Crippen LogP contribution < -0.4 is 0 Å². The van der Waals surface area contributed by atoms with Crippen molar-refractivity contribution in [3.05, 3.63) is 109 Å². The van der Waals surface area contributed by atoms with Gasteiger partial charge in [-0.2, -0.15) is 0 Å². The number of hydrogen-bond acceptors (Lipinski definition) is 5. The molecule has 0 aromatic heterocycles. The van der Waals surface area contributed by atoms with Gasteiger partial charge in [0.25, 0.3) is 0 Å². The van der Waals surface area contributed by atoms with Crippen molar-refractivity contribution in [3.8, 4) is 0 Å². The van der Waals surface area contributed by atoms with E-state index in [4.69, 9.17) is 14.2 Å². The highest BCUT2D eigenvalue weighted by Gasteiger charge is 2.17. The highest BCUT2D eigenvalue weighted by molar-refractivity contribution is 5.70. The molecule has 5 heteroatoms. The Labute approximate surface area is 421 Å². The largest absolute Gasteiger partial charge is 0.462 e. The van der Waals surface area contributed by atoms with Crippen LogP contribution in [0.2, 0.25) is 0 Å². The van der Waals surface area contributed by atoms with Gasteiger partial charge in [-0.05, 0) is 122 Å². The zero-order valence-electron chi connectivity index (χ0n) is 44.6. The van der Waals surface area contributed by atoms with Crippen LogP contribution in [0.25, 0.3) is 0 Å². The third kappa shape index (κ3) is 55.2. The highest BCUT2D eigenvalue weighted by Crippen LogP contribution is 2.14. The minimum atomic E-state index is -0.576. The van der Waals surface area contributed by atoms with Gasteiger partial charge >= 0.3 is 11.9 Å². The number of carbonyl (C=O) groups excluding carboxylic acids is 2. The molecular formula is C63H106O5. The summed E-state index contributed by atoms with van der Waals surface area (Å²) in [5.41, 5.74) is 0. The number of allylic oxidation sites excluding steroid dienone is 18. The quantitative estimate of drug-likeness (QED) is 0.0345. The molecule has 0 radical (unpaired) electrons. The molecule has 0 saturated carbocycles. The Kier molecular flexibility index (Phi) is 54.9. The lowest BCUT2D eigenvalue weighted by atomic mass is 10.1. The fourth-order valence-electron chi connectivity index (χ4n) is 7.60. The molecule has 0 aromatic rings. The van der Waals surface area contributed by atoms with Crippen LogP contribution in [0.15, 0.2) is 109 Å². The Bertz CT molecular complexity index is 1340. The molecule has 5 nitrogen and oxygen atoms in total. The van der Waals surface area contributed by atoms with Crippen molar-refractivity contribution in [1.29, 1.82) is 0 Å². The summed E-state index contributed by atoms with van der Waals surface area (Å²) in [6.45, 7) is 7.49. The van der Waals surface area contributed by atoms with Gasteiger partial charge in [0.05, 0.1) is 6.61 Å². The van der Waals surface area contributed by atoms with E-state index in [9.17, 15) is 9.59 Å². The summed E-state index contributed by atoms with van der Waals surface area (Å²) in [6, 6.07) is 0. The Morgan fingerprint density at radius 1 is 0.338 bits per heavy atom. The van der Waals surface area contributed by atoms with Crippen LogP contribution in [0, 0.1) is 0 Å². The zero-order chi connectivity index (χ0) is 49.2. The van der Waals surface area contributed by atoms with E-state index in [2.05, 4.69) is 130 Å². The summed E-state index contributed by atoms with van der Waals surface area (Å²) in [4.78, 5) is 25.5. The van der Waals surface area contributed by atoms with E-state index < -0.39 is 6.10 Å². The number of unbranched alkanes of at least 4 members (excludes halogenated alkanes) is 22. The van der Waals surface area contributed by atoms with Gasteiger partial charge in [0.2, 0.25) is 0 Å². The SMILES string of the molecule is CC/C=C\C/C=C\C/C=C\C/C=C\C/C=C\CCCCOCC(COC(=O)CCCCCCCCCCC/C=C\CCCCCCCC)OC(=O)CCCCCCC/C=C\C/C=C\C/C=C\CC. The van der Waals surface area contributed by atoms with Crippen molar-refractivity contribution >= 4 is 11.9 Å². The standard InChI is InChI=1S/C63H106O5/c1-4-7-10-13-16-19-22-25-28-30-32-33-36-38-41-44-47-50-53-56-62(64)67-60-61(68-63(65)57-54-51-48-45-42-39-35-27-24-21-18-15-12-9-6-3)59-66-58-55-52-49-46-43-40-37-34-31-29-26-23-20-17-14-11-8-5-2/h8-9,11-12,17-18,20-21,25-29,34-35,37,43,46,61H,4-7,10,13-16,19,22-24,30-33,36,38-42,44-45,47-60H2,1-3H3/b11-8-,12-9-,20-17-,21-18-,28-25-,29-26-,35-27-,37-34-,46-43-. The Morgan fingerprint density at radius 3 is 1.07 bits per heavy atom. The fraction of sp³-hybridized carbons (Fsp3) is 0.683. The summed E-state index contributed by atoms with van der Waals surface area (Å²) in [6.07, 6.45) is 79.7. The van der Waals surface area contributed by atoms with Gasteiger partial charge in [-0.1, -0.05) is 226 Å². The molecule has 0 aliphatic carbocycles.